The van der Waals surface area contributed by atoms with Crippen molar-refractivity contribution in [1.82, 2.24) is 5.32 Å². The molecule has 3 N–H and O–H groups in total. The van der Waals surface area contributed by atoms with Gasteiger partial charge in [0.25, 0.3) is 0 Å². The first-order chi connectivity index (χ1) is 10.3. The van der Waals surface area contributed by atoms with Crippen molar-refractivity contribution in [3.05, 3.63) is 35.6 Å². The predicted molar refractivity (Wildman–Crippen MR) is 95.1 cm³/mol. The first-order valence-electron chi connectivity index (χ1n) is 6.82. The quantitative estimate of drug-likeness (QED) is 0.627. The van der Waals surface area contributed by atoms with E-state index in [1.54, 1.807) is 18.2 Å². The summed E-state index contributed by atoms with van der Waals surface area (Å²) in [5.74, 6) is 0.447. The van der Waals surface area contributed by atoms with Gasteiger partial charge in [0.15, 0.2) is 0 Å². The van der Waals surface area contributed by atoms with E-state index in [2.05, 4.69) is 5.32 Å². The summed E-state index contributed by atoms with van der Waals surface area (Å²) in [6.07, 6.45) is 1.21. The van der Waals surface area contributed by atoms with Crippen LogP contribution >= 0.6 is 24.2 Å². The van der Waals surface area contributed by atoms with E-state index in [0.717, 1.165) is 6.26 Å². The van der Waals surface area contributed by atoms with E-state index in [9.17, 15) is 17.6 Å². The van der Waals surface area contributed by atoms with E-state index in [0.29, 0.717) is 23.6 Å². The number of nitrogens with one attached hydrogen (secondary N) is 1. The summed E-state index contributed by atoms with van der Waals surface area (Å²) in [4.78, 5) is 11.6. The standard InChI is InChI=1S/C14H21FN2O3S2.ClH/c1-22(19,20)9-6-13(16)14(18)17-7-8-21-10-11-4-2-3-5-12(11)15;/h2-5,13H,6-10,16H2,1H3,(H,17,18);1H. The Hall–Kier alpha value is -0.830. The summed E-state index contributed by atoms with van der Waals surface area (Å²) in [6, 6.07) is 5.73. The monoisotopic (exact) mass is 384 g/mol. The van der Waals surface area contributed by atoms with E-state index < -0.39 is 15.9 Å². The van der Waals surface area contributed by atoms with Gasteiger partial charge in [0, 0.05) is 24.3 Å². The average molecular weight is 385 g/mol. The Labute approximate surface area is 146 Å². The smallest absolute Gasteiger partial charge is 0.236 e. The van der Waals surface area contributed by atoms with Crippen LogP contribution in [0.15, 0.2) is 24.3 Å². The Balaban J connectivity index is 0.00000484. The molecule has 0 saturated heterocycles. The molecule has 9 heteroatoms. The summed E-state index contributed by atoms with van der Waals surface area (Å²) >= 11 is 1.50. The van der Waals surface area contributed by atoms with Crippen molar-refractivity contribution in [2.45, 2.75) is 18.2 Å². The van der Waals surface area contributed by atoms with E-state index in [-0.39, 0.29) is 36.3 Å². The molecule has 1 atom stereocenters. The van der Waals surface area contributed by atoms with Gasteiger partial charge in [-0.2, -0.15) is 11.8 Å². The van der Waals surface area contributed by atoms with Crippen LogP contribution in [0.3, 0.4) is 0 Å². The molecule has 1 amide bonds. The summed E-state index contributed by atoms with van der Waals surface area (Å²) < 4.78 is 35.4. The Bertz CT molecular complexity index is 599. The van der Waals surface area contributed by atoms with E-state index in [1.165, 1.54) is 17.8 Å². The van der Waals surface area contributed by atoms with Crippen molar-refractivity contribution in [1.29, 1.82) is 0 Å². The number of carbonyl (C=O) groups is 1. The van der Waals surface area contributed by atoms with Crippen LogP contribution in [0.5, 0.6) is 0 Å². The predicted octanol–water partition coefficient (Wildman–Crippen LogP) is 1.36. The molecule has 0 heterocycles. The third kappa shape index (κ3) is 9.80. The van der Waals surface area contributed by atoms with Crippen LogP contribution < -0.4 is 11.1 Å². The lowest BCUT2D eigenvalue weighted by molar-refractivity contribution is -0.122. The first-order valence-corrected chi connectivity index (χ1v) is 10.0. The molecular weight excluding hydrogens is 363 g/mol. The maximum absolute atomic E-state index is 13.4. The van der Waals surface area contributed by atoms with Gasteiger partial charge in [-0.3, -0.25) is 4.79 Å². The number of carbonyl (C=O) groups excluding carboxylic acids is 1. The minimum atomic E-state index is -3.12. The molecule has 0 bridgehead atoms. The summed E-state index contributed by atoms with van der Waals surface area (Å²) in [7, 11) is -3.12. The van der Waals surface area contributed by atoms with Gasteiger partial charge in [0.05, 0.1) is 11.8 Å². The van der Waals surface area contributed by atoms with Crippen molar-refractivity contribution in [3.63, 3.8) is 0 Å². The zero-order valence-corrected chi connectivity index (χ0v) is 15.3. The number of rotatable bonds is 9. The molecule has 1 unspecified atom stereocenters. The molecule has 0 aliphatic rings. The van der Waals surface area contributed by atoms with E-state index in [1.807, 2.05) is 0 Å². The van der Waals surface area contributed by atoms with Gasteiger partial charge in [-0.15, -0.1) is 12.4 Å². The summed E-state index contributed by atoms with van der Waals surface area (Å²) in [5, 5.41) is 2.65. The van der Waals surface area contributed by atoms with Gasteiger partial charge in [-0.25, -0.2) is 12.8 Å². The number of hydrogen-bond donors (Lipinski definition) is 2. The van der Waals surface area contributed by atoms with Gasteiger partial charge in [0.1, 0.15) is 15.7 Å². The van der Waals surface area contributed by atoms with Crippen LogP contribution in [-0.4, -0.2) is 44.7 Å². The van der Waals surface area contributed by atoms with E-state index in [4.69, 9.17) is 5.73 Å². The number of thioether (sulfide) groups is 1. The summed E-state index contributed by atoms with van der Waals surface area (Å²) in [6.45, 7) is 0.407. The zero-order valence-electron chi connectivity index (χ0n) is 12.8. The number of sulfone groups is 1. The maximum Gasteiger partial charge on any atom is 0.236 e. The maximum atomic E-state index is 13.4. The second-order valence-corrected chi connectivity index (χ2v) is 8.32. The van der Waals surface area contributed by atoms with Crippen LogP contribution in [0.2, 0.25) is 0 Å². The number of benzene rings is 1. The molecule has 132 valence electrons. The van der Waals surface area contributed by atoms with Crippen molar-refractivity contribution in [2.75, 3.05) is 24.3 Å². The normalized spacial score (nSPS) is 12.3. The fourth-order valence-electron chi connectivity index (χ4n) is 1.65. The lowest BCUT2D eigenvalue weighted by atomic mass is 10.2. The molecule has 0 aromatic heterocycles. The molecule has 0 saturated carbocycles. The second-order valence-electron chi connectivity index (χ2n) is 4.96. The SMILES string of the molecule is CS(=O)(=O)CCC(N)C(=O)NCCSCc1ccccc1F.Cl. The molecule has 0 aliphatic carbocycles. The van der Waals surface area contributed by atoms with Crippen LogP contribution in [0.25, 0.3) is 0 Å². The molecule has 1 rings (SSSR count). The highest BCUT2D eigenvalue weighted by atomic mass is 35.5. The van der Waals surface area contributed by atoms with E-state index >= 15 is 0 Å². The minimum absolute atomic E-state index is 0. The highest BCUT2D eigenvalue weighted by Crippen LogP contribution is 2.14. The molecule has 0 fully saturated rings. The topological polar surface area (TPSA) is 89.3 Å². The lowest BCUT2D eigenvalue weighted by Crippen LogP contribution is -2.42. The molecule has 5 nitrogen and oxygen atoms in total. The average Bonchev–Trinajstić information content (AvgIpc) is 2.45. The van der Waals surface area contributed by atoms with Crippen LogP contribution in [-0.2, 0) is 20.4 Å². The van der Waals surface area contributed by atoms with Crippen molar-refractivity contribution in [2.24, 2.45) is 5.73 Å². The Morgan fingerprint density at radius 3 is 2.65 bits per heavy atom. The lowest BCUT2D eigenvalue weighted by Gasteiger charge is -2.11. The molecular formula is C14H22ClFN2O3S2. The molecule has 0 spiro atoms. The third-order valence-electron chi connectivity index (χ3n) is 2.90. The van der Waals surface area contributed by atoms with Gasteiger partial charge < -0.3 is 11.1 Å². The molecule has 0 aliphatic heterocycles. The highest BCUT2D eigenvalue weighted by molar-refractivity contribution is 7.98. The van der Waals surface area contributed by atoms with Gasteiger partial charge >= 0.3 is 0 Å². The third-order valence-corrected chi connectivity index (χ3v) is 4.88. The van der Waals surface area contributed by atoms with Crippen molar-refractivity contribution < 1.29 is 17.6 Å². The second kappa shape index (κ2) is 10.9. The first kappa shape index (κ1) is 22.2. The van der Waals surface area contributed by atoms with Crippen LogP contribution in [0.1, 0.15) is 12.0 Å². The minimum Gasteiger partial charge on any atom is -0.354 e. The number of nitrogens with two attached hydrogens (primary N) is 1. The van der Waals surface area contributed by atoms with Crippen molar-refractivity contribution >= 4 is 39.9 Å². The molecule has 23 heavy (non-hydrogen) atoms. The number of halogens is 2. The number of hydrogen-bond acceptors (Lipinski definition) is 5. The molecule has 0 radical (unpaired) electrons. The van der Waals surface area contributed by atoms with Gasteiger partial charge in [0.2, 0.25) is 5.91 Å². The Morgan fingerprint density at radius 1 is 1.39 bits per heavy atom. The Kier molecular flexibility index (Phi) is 10.5. The summed E-state index contributed by atoms with van der Waals surface area (Å²) in [5.41, 5.74) is 6.25. The molecule has 1 aromatic carbocycles. The molecule has 1 aromatic rings. The van der Waals surface area contributed by atoms with Gasteiger partial charge in [-0.05, 0) is 18.1 Å². The zero-order chi connectivity index (χ0) is 16.6. The highest BCUT2D eigenvalue weighted by Gasteiger charge is 2.15. The fourth-order valence-corrected chi connectivity index (χ4v) is 3.17. The van der Waals surface area contributed by atoms with Gasteiger partial charge in [-0.1, -0.05) is 18.2 Å². The number of amides is 1. The Morgan fingerprint density at radius 2 is 2.04 bits per heavy atom. The van der Waals surface area contributed by atoms with Crippen molar-refractivity contribution in [3.8, 4) is 0 Å². The largest absolute Gasteiger partial charge is 0.354 e. The fraction of sp³-hybridized carbons (Fsp3) is 0.500. The van der Waals surface area contributed by atoms with Crippen LogP contribution in [0.4, 0.5) is 4.39 Å². The van der Waals surface area contributed by atoms with Crippen LogP contribution in [0, 0.1) is 5.82 Å².